The van der Waals surface area contributed by atoms with Gasteiger partial charge in [-0.2, -0.15) is 0 Å². The molecule has 44 valence electrons. The minimum Gasteiger partial charge on any atom is -0.123 e. The van der Waals surface area contributed by atoms with Gasteiger partial charge in [-0.1, -0.05) is 0 Å². The van der Waals surface area contributed by atoms with Crippen LogP contribution in [0.5, 0.6) is 0 Å². The first-order valence-electron chi connectivity index (χ1n) is 2.05. The Morgan fingerprint density at radius 3 is 1.71 bits per heavy atom. The Morgan fingerprint density at radius 2 is 1.71 bits per heavy atom. The van der Waals surface area contributed by atoms with Crippen LogP contribution < -0.4 is 0 Å². The molecule has 0 amide bonds. The molecule has 0 aliphatic heterocycles. The summed E-state index contributed by atoms with van der Waals surface area (Å²) < 4.78 is 0. The zero-order valence-corrected chi connectivity index (χ0v) is 6.26. The molecule has 0 aromatic heterocycles. The van der Waals surface area contributed by atoms with Crippen LogP contribution in [-0.4, -0.2) is 10.2 Å². The van der Waals surface area contributed by atoms with Crippen LogP contribution in [0.25, 0.3) is 0 Å². The van der Waals surface area contributed by atoms with E-state index in [9.17, 15) is 0 Å². The molecular formula is C4H7Cl3. The summed E-state index contributed by atoms with van der Waals surface area (Å²) in [6.45, 7) is 1.86. The molecule has 7 heavy (non-hydrogen) atoms. The smallest absolute Gasteiger partial charge is 0.109 e. The summed E-state index contributed by atoms with van der Waals surface area (Å²) in [5.41, 5.74) is 0. The zero-order chi connectivity index (χ0) is 5.86. The van der Waals surface area contributed by atoms with E-state index in [4.69, 9.17) is 34.8 Å². The number of halogens is 3. The van der Waals surface area contributed by atoms with Crippen molar-refractivity contribution in [1.29, 1.82) is 0 Å². The van der Waals surface area contributed by atoms with Gasteiger partial charge in [-0.05, 0) is 13.3 Å². The van der Waals surface area contributed by atoms with Crippen molar-refractivity contribution >= 4 is 34.8 Å². The average Bonchev–Trinajstić information content (AvgIpc) is 1.27. The van der Waals surface area contributed by atoms with Gasteiger partial charge in [0.1, 0.15) is 4.84 Å². The maximum atomic E-state index is 5.50. The second kappa shape index (κ2) is 3.82. The summed E-state index contributed by atoms with van der Waals surface area (Å²) in [6.07, 6.45) is 0.657. The molecule has 3 heteroatoms. The van der Waals surface area contributed by atoms with E-state index in [1.54, 1.807) is 0 Å². The van der Waals surface area contributed by atoms with Gasteiger partial charge in [-0.15, -0.1) is 34.8 Å². The third kappa shape index (κ3) is 6.87. The van der Waals surface area contributed by atoms with Gasteiger partial charge in [-0.25, -0.2) is 0 Å². The lowest BCUT2D eigenvalue weighted by Crippen LogP contribution is -1.96. The van der Waals surface area contributed by atoms with Crippen molar-refractivity contribution in [2.24, 2.45) is 0 Å². The van der Waals surface area contributed by atoms with E-state index in [2.05, 4.69) is 0 Å². The Balaban J connectivity index is 2.95. The predicted octanol–water partition coefficient (Wildman–Crippen LogP) is 2.81. The highest BCUT2D eigenvalue weighted by molar-refractivity contribution is 6.44. The normalized spacial score (nSPS) is 15.0. The van der Waals surface area contributed by atoms with Gasteiger partial charge >= 0.3 is 0 Å². The molecule has 0 unspecified atom stereocenters. The molecule has 0 aliphatic rings. The van der Waals surface area contributed by atoms with Crippen molar-refractivity contribution in [3.63, 3.8) is 0 Å². The molecule has 0 aliphatic carbocycles. The maximum Gasteiger partial charge on any atom is 0.109 e. The van der Waals surface area contributed by atoms with E-state index in [0.29, 0.717) is 6.42 Å². The van der Waals surface area contributed by atoms with Crippen LogP contribution in [0.1, 0.15) is 13.3 Å². The van der Waals surface area contributed by atoms with Crippen molar-refractivity contribution < 1.29 is 0 Å². The first kappa shape index (κ1) is 7.87. The molecule has 0 aromatic rings. The second-order valence-electron chi connectivity index (χ2n) is 1.41. The van der Waals surface area contributed by atoms with Gasteiger partial charge in [0.05, 0.1) is 0 Å². The van der Waals surface area contributed by atoms with Crippen LogP contribution in [0.15, 0.2) is 0 Å². The highest BCUT2D eigenvalue weighted by atomic mass is 35.5. The van der Waals surface area contributed by atoms with Crippen molar-refractivity contribution in [2.45, 2.75) is 23.6 Å². The molecule has 0 bridgehead atoms. The maximum absolute atomic E-state index is 5.50. The highest BCUT2D eigenvalue weighted by Crippen LogP contribution is 2.12. The number of hydrogen-bond donors (Lipinski definition) is 0. The van der Waals surface area contributed by atoms with E-state index in [-0.39, 0.29) is 10.2 Å². The van der Waals surface area contributed by atoms with Crippen LogP contribution >= 0.6 is 34.8 Å². The standard InChI is InChI=1S/C4H7Cl3/c1-3(5)2-4(6)7/h3-4H,2H2,1H3/t3-/m0/s1. The monoisotopic (exact) mass is 160 g/mol. The molecule has 0 nitrogen and oxygen atoms in total. The summed E-state index contributed by atoms with van der Waals surface area (Å²) in [7, 11) is 0. The molecule has 0 radical (unpaired) electrons. The van der Waals surface area contributed by atoms with Crippen molar-refractivity contribution in [3.05, 3.63) is 0 Å². The van der Waals surface area contributed by atoms with E-state index < -0.39 is 0 Å². The molecule has 0 N–H and O–H groups in total. The summed E-state index contributed by atoms with van der Waals surface area (Å²) in [5.74, 6) is 0. The molecule has 0 saturated heterocycles. The average molecular weight is 161 g/mol. The third-order valence-corrected chi connectivity index (χ3v) is 1.04. The lowest BCUT2D eigenvalue weighted by Gasteiger charge is -1.99. The molecule has 0 fully saturated rings. The Morgan fingerprint density at radius 1 is 1.29 bits per heavy atom. The Bertz CT molecular complexity index is 36.2. The first-order chi connectivity index (χ1) is 3.13. The van der Waals surface area contributed by atoms with Gasteiger partial charge in [0.2, 0.25) is 0 Å². The first-order valence-corrected chi connectivity index (χ1v) is 3.36. The van der Waals surface area contributed by atoms with Crippen LogP contribution in [0, 0.1) is 0 Å². The van der Waals surface area contributed by atoms with E-state index >= 15 is 0 Å². The zero-order valence-electron chi connectivity index (χ0n) is 4.00. The SMILES string of the molecule is C[C@H](Cl)CC(Cl)Cl. The largest absolute Gasteiger partial charge is 0.123 e. The van der Waals surface area contributed by atoms with Crippen molar-refractivity contribution in [2.75, 3.05) is 0 Å². The van der Waals surface area contributed by atoms with E-state index in [0.717, 1.165) is 0 Å². The third-order valence-electron chi connectivity index (χ3n) is 0.503. The number of alkyl halides is 3. The quantitative estimate of drug-likeness (QED) is 0.547. The topological polar surface area (TPSA) is 0 Å². The fourth-order valence-corrected chi connectivity index (χ4v) is 1.14. The minimum atomic E-state index is -0.312. The Kier molecular flexibility index (Phi) is 4.30. The van der Waals surface area contributed by atoms with E-state index in [1.165, 1.54) is 0 Å². The number of rotatable bonds is 2. The summed E-state index contributed by atoms with van der Waals surface area (Å²) in [4.78, 5) is -0.312. The predicted molar refractivity (Wildman–Crippen MR) is 35.4 cm³/mol. The van der Waals surface area contributed by atoms with Crippen molar-refractivity contribution in [3.8, 4) is 0 Å². The van der Waals surface area contributed by atoms with Crippen LogP contribution in [0.3, 0.4) is 0 Å². The summed E-state index contributed by atoms with van der Waals surface area (Å²) >= 11 is 16.2. The van der Waals surface area contributed by atoms with Gasteiger partial charge in [0.15, 0.2) is 0 Å². The molecule has 0 heterocycles. The fraction of sp³-hybridized carbons (Fsp3) is 1.00. The molecule has 0 rings (SSSR count). The van der Waals surface area contributed by atoms with Gasteiger partial charge < -0.3 is 0 Å². The van der Waals surface area contributed by atoms with Gasteiger partial charge in [0.25, 0.3) is 0 Å². The minimum absolute atomic E-state index is 0.0833. The second-order valence-corrected chi connectivity index (χ2v) is 3.43. The number of hydrogen-bond acceptors (Lipinski definition) is 0. The Labute approximate surface area is 58.7 Å². The van der Waals surface area contributed by atoms with Crippen molar-refractivity contribution in [1.82, 2.24) is 0 Å². The lowest BCUT2D eigenvalue weighted by atomic mass is 10.4. The Hall–Kier alpha value is 0.870. The molecule has 0 aromatic carbocycles. The van der Waals surface area contributed by atoms with Crippen LogP contribution in [-0.2, 0) is 0 Å². The molecular weight excluding hydrogens is 154 g/mol. The molecule has 0 saturated carbocycles. The van der Waals surface area contributed by atoms with Gasteiger partial charge in [-0.3, -0.25) is 0 Å². The lowest BCUT2D eigenvalue weighted by molar-refractivity contribution is 0.869. The van der Waals surface area contributed by atoms with Crippen LogP contribution in [0.2, 0.25) is 0 Å². The summed E-state index contributed by atoms with van der Waals surface area (Å²) in [6, 6.07) is 0. The highest BCUT2D eigenvalue weighted by Gasteiger charge is 2.02. The van der Waals surface area contributed by atoms with Crippen LogP contribution in [0.4, 0.5) is 0 Å². The fourth-order valence-electron chi connectivity index (χ4n) is 0.246. The van der Waals surface area contributed by atoms with E-state index in [1.807, 2.05) is 6.92 Å². The molecule has 1 atom stereocenters. The summed E-state index contributed by atoms with van der Waals surface area (Å²) in [5, 5.41) is 0.0833. The van der Waals surface area contributed by atoms with Gasteiger partial charge in [0, 0.05) is 5.38 Å². The molecule has 0 spiro atoms.